The Balaban J connectivity index is 1.56. The van der Waals surface area contributed by atoms with Crippen LogP contribution >= 0.6 is 22.9 Å². The van der Waals surface area contributed by atoms with Gasteiger partial charge in [0.1, 0.15) is 5.00 Å². The normalized spacial score (nSPS) is 18.8. The van der Waals surface area contributed by atoms with E-state index in [2.05, 4.69) is 16.0 Å². The van der Waals surface area contributed by atoms with Gasteiger partial charge in [0, 0.05) is 15.6 Å². The van der Waals surface area contributed by atoms with Crippen LogP contribution in [0.5, 0.6) is 0 Å². The summed E-state index contributed by atoms with van der Waals surface area (Å²) in [6, 6.07) is 6.86. The standard InChI is InChI=1S/C20H22ClN3O2S/c21-12-7-9-13(10-8-12)23-19(26)17-14-4-3-6-16(14)27-20(17)24-18(25)15-5-1-2-11-22-15/h7-10,15,22H,1-6,11H2,(H,23,26)(H,24,25). The van der Waals surface area contributed by atoms with Crippen LogP contribution in [0.3, 0.4) is 0 Å². The zero-order valence-electron chi connectivity index (χ0n) is 14.9. The fourth-order valence-corrected chi connectivity index (χ4v) is 5.15. The first-order chi connectivity index (χ1) is 13.1. The lowest BCUT2D eigenvalue weighted by Gasteiger charge is -2.22. The summed E-state index contributed by atoms with van der Waals surface area (Å²) in [6.07, 6.45) is 5.90. The molecule has 0 saturated carbocycles. The number of carbonyl (C=O) groups excluding carboxylic acids is 2. The molecular weight excluding hydrogens is 382 g/mol. The summed E-state index contributed by atoms with van der Waals surface area (Å²) in [7, 11) is 0. The minimum absolute atomic E-state index is 0.0461. The summed E-state index contributed by atoms with van der Waals surface area (Å²) in [5.41, 5.74) is 2.39. The maximum absolute atomic E-state index is 13.0. The second-order valence-corrected chi connectivity index (χ2v) is 8.56. The van der Waals surface area contributed by atoms with Gasteiger partial charge in [-0.2, -0.15) is 0 Å². The Hall–Kier alpha value is -1.89. The molecular formula is C20H22ClN3O2S. The number of hydrogen-bond acceptors (Lipinski definition) is 4. The third kappa shape index (κ3) is 4.03. The average Bonchev–Trinajstić information content (AvgIpc) is 3.25. The fourth-order valence-electron chi connectivity index (χ4n) is 3.73. The highest BCUT2D eigenvalue weighted by atomic mass is 35.5. The molecule has 0 spiro atoms. The van der Waals surface area contributed by atoms with Gasteiger partial charge >= 0.3 is 0 Å². The number of benzene rings is 1. The summed E-state index contributed by atoms with van der Waals surface area (Å²) in [5, 5.41) is 10.5. The number of halogens is 1. The van der Waals surface area contributed by atoms with Crippen LogP contribution in [0.4, 0.5) is 10.7 Å². The number of thiophene rings is 1. The van der Waals surface area contributed by atoms with Gasteiger partial charge in [-0.25, -0.2) is 0 Å². The largest absolute Gasteiger partial charge is 0.322 e. The first-order valence-electron chi connectivity index (χ1n) is 9.37. The second kappa shape index (κ2) is 8.00. The lowest BCUT2D eigenvalue weighted by atomic mass is 10.0. The quantitative estimate of drug-likeness (QED) is 0.715. The van der Waals surface area contributed by atoms with Crippen molar-refractivity contribution in [3.05, 3.63) is 45.3 Å². The van der Waals surface area contributed by atoms with Crippen molar-refractivity contribution in [1.29, 1.82) is 0 Å². The number of carbonyl (C=O) groups is 2. The van der Waals surface area contributed by atoms with E-state index in [4.69, 9.17) is 11.6 Å². The zero-order chi connectivity index (χ0) is 18.8. The smallest absolute Gasteiger partial charge is 0.258 e. The second-order valence-electron chi connectivity index (χ2n) is 7.01. The van der Waals surface area contributed by atoms with E-state index in [0.29, 0.717) is 21.3 Å². The first kappa shape index (κ1) is 18.5. The van der Waals surface area contributed by atoms with Crippen LogP contribution in [0.2, 0.25) is 5.02 Å². The molecule has 1 saturated heterocycles. The number of hydrogen-bond donors (Lipinski definition) is 3. The highest BCUT2D eigenvalue weighted by Crippen LogP contribution is 2.39. The molecule has 7 heteroatoms. The fraction of sp³-hybridized carbons (Fsp3) is 0.400. The molecule has 1 aliphatic carbocycles. The van der Waals surface area contributed by atoms with Crippen molar-refractivity contribution in [2.45, 2.75) is 44.6 Å². The maximum atomic E-state index is 13.0. The highest BCUT2D eigenvalue weighted by Gasteiger charge is 2.29. The number of fused-ring (bicyclic) bond motifs is 1. The lowest BCUT2D eigenvalue weighted by molar-refractivity contribution is -0.118. The molecule has 1 unspecified atom stereocenters. The van der Waals surface area contributed by atoms with Crippen LogP contribution < -0.4 is 16.0 Å². The minimum atomic E-state index is -0.178. The molecule has 142 valence electrons. The van der Waals surface area contributed by atoms with Gasteiger partial charge < -0.3 is 16.0 Å². The number of aryl methyl sites for hydroxylation is 1. The maximum Gasteiger partial charge on any atom is 0.258 e. The van der Waals surface area contributed by atoms with E-state index in [-0.39, 0.29) is 17.9 Å². The van der Waals surface area contributed by atoms with Gasteiger partial charge in [-0.3, -0.25) is 9.59 Å². The van der Waals surface area contributed by atoms with E-state index < -0.39 is 0 Å². The molecule has 27 heavy (non-hydrogen) atoms. The topological polar surface area (TPSA) is 70.2 Å². The summed E-state index contributed by atoms with van der Waals surface area (Å²) in [5.74, 6) is -0.223. The average molecular weight is 404 g/mol. The summed E-state index contributed by atoms with van der Waals surface area (Å²) in [4.78, 5) is 26.9. The van der Waals surface area contributed by atoms with E-state index in [1.807, 2.05) is 0 Å². The first-order valence-corrected chi connectivity index (χ1v) is 10.6. The van der Waals surface area contributed by atoms with E-state index >= 15 is 0 Å². The van der Waals surface area contributed by atoms with Crippen LogP contribution in [-0.4, -0.2) is 24.4 Å². The molecule has 5 nitrogen and oxygen atoms in total. The molecule has 3 N–H and O–H groups in total. The highest BCUT2D eigenvalue weighted by molar-refractivity contribution is 7.17. The lowest BCUT2D eigenvalue weighted by Crippen LogP contribution is -2.43. The van der Waals surface area contributed by atoms with Crippen LogP contribution in [0, 0.1) is 0 Å². The van der Waals surface area contributed by atoms with E-state index in [1.54, 1.807) is 35.6 Å². The molecule has 4 rings (SSSR count). The van der Waals surface area contributed by atoms with Crippen molar-refractivity contribution in [1.82, 2.24) is 5.32 Å². The number of nitrogens with one attached hydrogen (secondary N) is 3. The van der Waals surface area contributed by atoms with Gasteiger partial charge in [0.25, 0.3) is 5.91 Å². The van der Waals surface area contributed by atoms with Crippen molar-refractivity contribution in [2.75, 3.05) is 17.2 Å². The molecule has 2 amide bonds. The zero-order valence-corrected chi connectivity index (χ0v) is 16.5. The third-order valence-corrected chi connectivity index (χ3v) is 6.57. The van der Waals surface area contributed by atoms with Gasteiger partial charge in [-0.05, 0) is 68.5 Å². The van der Waals surface area contributed by atoms with Crippen molar-refractivity contribution < 1.29 is 9.59 Å². The van der Waals surface area contributed by atoms with Crippen molar-refractivity contribution >= 4 is 45.4 Å². The monoisotopic (exact) mass is 403 g/mol. The molecule has 1 fully saturated rings. The Kier molecular flexibility index (Phi) is 5.48. The van der Waals surface area contributed by atoms with Crippen molar-refractivity contribution in [3.63, 3.8) is 0 Å². The minimum Gasteiger partial charge on any atom is -0.322 e. The molecule has 1 atom stereocenters. The predicted molar refractivity (Wildman–Crippen MR) is 110 cm³/mol. The summed E-state index contributed by atoms with van der Waals surface area (Å²) < 4.78 is 0. The molecule has 2 heterocycles. The number of rotatable bonds is 4. The Bertz CT molecular complexity index is 857. The van der Waals surface area contributed by atoms with Crippen LogP contribution in [-0.2, 0) is 17.6 Å². The third-order valence-electron chi connectivity index (χ3n) is 5.11. The number of anilines is 2. The van der Waals surface area contributed by atoms with Crippen LogP contribution in [0.25, 0.3) is 0 Å². The van der Waals surface area contributed by atoms with E-state index in [1.165, 1.54) is 4.88 Å². The Morgan fingerprint density at radius 1 is 1.07 bits per heavy atom. The molecule has 0 bridgehead atoms. The van der Waals surface area contributed by atoms with Gasteiger partial charge in [0.15, 0.2) is 0 Å². The van der Waals surface area contributed by atoms with Gasteiger partial charge in [0.05, 0.1) is 11.6 Å². The summed E-state index contributed by atoms with van der Waals surface area (Å²) in [6.45, 7) is 0.864. The van der Waals surface area contributed by atoms with E-state index in [0.717, 1.165) is 50.6 Å². The van der Waals surface area contributed by atoms with Gasteiger partial charge in [-0.15, -0.1) is 11.3 Å². The Morgan fingerprint density at radius 2 is 1.89 bits per heavy atom. The molecule has 1 aromatic carbocycles. The Labute approximate surface area is 167 Å². The number of piperidine rings is 1. The molecule has 2 aromatic rings. The molecule has 1 aliphatic heterocycles. The van der Waals surface area contributed by atoms with Crippen molar-refractivity contribution in [3.8, 4) is 0 Å². The predicted octanol–water partition coefficient (Wildman–Crippen LogP) is 4.22. The van der Waals surface area contributed by atoms with Gasteiger partial charge in [-0.1, -0.05) is 18.0 Å². The summed E-state index contributed by atoms with van der Waals surface area (Å²) >= 11 is 7.46. The molecule has 1 aromatic heterocycles. The van der Waals surface area contributed by atoms with Crippen LogP contribution in [0.1, 0.15) is 46.5 Å². The molecule has 2 aliphatic rings. The van der Waals surface area contributed by atoms with Crippen molar-refractivity contribution in [2.24, 2.45) is 0 Å². The van der Waals surface area contributed by atoms with Crippen LogP contribution in [0.15, 0.2) is 24.3 Å². The SMILES string of the molecule is O=C(Nc1ccc(Cl)cc1)c1c(NC(=O)C2CCCCN2)sc2c1CCC2. The Morgan fingerprint density at radius 3 is 2.63 bits per heavy atom. The molecule has 0 radical (unpaired) electrons. The van der Waals surface area contributed by atoms with E-state index in [9.17, 15) is 9.59 Å². The van der Waals surface area contributed by atoms with Gasteiger partial charge in [0.2, 0.25) is 5.91 Å². The number of amides is 2.